The highest BCUT2D eigenvalue weighted by atomic mass is 16.5. The Balaban J connectivity index is 1.68. The minimum Gasteiger partial charge on any atom is -0.489 e. The molecule has 0 amide bonds. The van der Waals surface area contributed by atoms with Crippen LogP contribution in [-0.2, 0) is 16.1 Å². The van der Waals surface area contributed by atoms with Gasteiger partial charge in [0.05, 0.1) is 35.8 Å². The van der Waals surface area contributed by atoms with Crippen LogP contribution in [0.1, 0.15) is 49.3 Å². The van der Waals surface area contributed by atoms with E-state index in [1.165, 1.54) is 0 Å². The number of hydrogen-bond acceptors (Lipinski definition) is 7. The van der Waals surface area contributed by atoms with Crippen LogP contribution >= 0.6 is 0 Å². The molecule has 1 aliphatic heterocycles. The van der Waals surface area contributed by atoms with Crippen molar-refractivity contribution in [3.63, 3.8) is 0 Å². The number of rotatable bonds is 7. The number of carbonyl (C=O) groups excluding carboxylic acids is 1. The van der Waals surface area contributed by atoms with Crippen LogP contribution in [-0.4, -0.2) is 30.9 Å². The molecule has 0 fully saturated rings. The van der Waals surface area contributed by atoms with Gasteiger partial charge in [-0.05, 0) is 35.6 Å². The number of ketones is 1. The Morgan fingerprint density at radius 1 is 1.08 bits per heavy atom. The summed E-state index contributed by atoms with van der Waals surface area (Å²) in [5, 5.41) is 19.4. The minimum absolute atomic E-state index is 0.0438. The first-order valence-corrected chi connectivity index (χ1v) is 11.9. The van der Waals surface area contributed by atoms with Crippen molar-refractivity contribution in [2.75, 3.05) is 20.3 Å². The van der Waals surface area contributed by atoms with Crippen LogP contribution in [0.4, 0.5) is 0 Å². The first kappa shape index (κ1) is 25.0. The van der Waals surface area contributed by atoms with Gasteiger partial charge in [-0.3, -0.25) is 4.79 Å². The van der Waals surface area contributed by atoms with E-state index >= 15 is 0 Å². The summed E-state index contributed by atoms with van der Waals surface area (Å²) in [7, 11) is 1.62. The average molecular weight is 483 g/mol. The van der Waals surface area contributed by atoms with E-state index in [2.05, 4.69) is 26.0 Å². The third-order valence-corrected chi connectivity index (χ3v) is 6.75. The van der Waals surface area contributed by atoms with Crippen molar-refractivity contribution >= 4 is 5.78 Å². The highest BCUT2D eigenvalue weighted by molar-refractivity contribution is 6.00. The summed E-state index contributed by atoms with van der Waals surface area (Å²) in [4.78, 5) is 15.3. The maximum atomic E-state index is 13.5. The van der Waals surface area contributed by atoms with Crippen LogP contribution in [0.5, 0.6) is 5.75 Å². The Hall–Kier alpha value is -4.07. The SMILES string of the molecule is COCCN1C(N)=C(C#N)[C@H](c2ccc(OCc3ccccc3C#N)cc2)C2=C1CC(C)(C)CC2=O. The molecule has 2 aliphatic rings. The van der Waals surface area contributed by atoms with Crippen LogP contribution in [0.2, 0.25) is 0 Å². The van der Waals surface area contributed by atoms with Gasteiger partial charge in [0.2, 0.25) is 0 Å². The normalized spacial score (nSPS) is 19.0. The predicted octanol–water partition coefficient (Wildman–Crippen LogP) is 4.52. The topological polar surface area (TPSA) is 112 Å². The summed E-state index contributed by atoms with van der Waals surface area (Å²) >= 11 is 0. The number of nitrogens with zero attached hydrogens (tertiary/aromatic N) is 3. The fourth-order valence-electron chi connectivity index (χ4n) is 5.02. The average Bonchev–Trinajstić information content (AvgIpc) is 2.86. The number of nitriles is 2. The molecule has 7 heteroatoms. The molecule has 0 spiro atoms. The van der Waals surface area contributed by atoms with Gasteiger partial charge in [0.1, 0.15) is 18.2 Å². The molecule has 1 aliphatic carbocycles. The monoisotopic (exact) mass is 482 g/mol. The lowest BCUT2D eigenvalue weighted by Crippen LogP contribution is -2.43. The number of methoxy groups -OCH3 is 1. The molecular formula is C29H30N4O3. The van der Waals surface area contributed by atoms with Crippen molar-refractivity contribution in [1.82, 2.24) is 4.90 Å². The number of hydrogen-bond donors (Lipinski definition) is 1. The van der Waals surface area contributed by atoms with Crippen molar-refractivity contribution < 1.29 is 14.3 Å². The number of allylic oxidation sites excluding steroid dienone is 3. The summed E-state index contributed by atoms with van der Waals surface area (Å²) in [5.41, 5.74) is 10.4. The Kier molecular flexibility index (Phi) is 7.15. The standard InChI is InChI=1S/C29H30N4O3/c1-29(2)14-24-27(25(34)15-29)26(23(17-31)28(32)33(24)12-13-35-3)19-8-10-22(11-9-19)36-18-21-7-5-4-6-20(21)16-30/h4-11,26H,12-15,18,32H2,1-3H3/t26-/m0/s1. The first-order valence-electron chi connectivity index (χ1n) is 11.9. The molecule has 2 N–H and O–H groups in total. The van der Waals surface area contributed by atoms with Gasteiger partial charge in [-0.15, -0.1) is 0 Å². The van der Waals surface area contributed by atoms with Gasteiger partial charge in [-0.1, -0.05) is 44.2 Å². The molecule has 0 unspecified atom stereocenters. The van der Waals surface area contributed by atoms with Gasteiger partial charge in [-0.25, -0.2) is 0 Å². The van der Waals surface area contributed by atoms with Gasteiger partial charge in [-0.2, -0.15) is 10.5 Å². The Morgan fingerprint density at radius 2 is 1.81 bits per heavy atom. The van der Waals surface area contributed by atoms with Crippen molar-refractivity contribution in [2.45, 2.75) is 39.2 Å². The summed E-state index contributed by atoms with van der Waals surface area (Å²) in [6, 6.07) is 19.2. The summed E-state index contributed by atoms with van der Waals surface area (Å²) in [6.45, 7) is 5.32. The van der Waals surface area contributed by atoms with E-state index in [1.54, 1.807) is 13.2 Å². The minimum atomic E-state index is -0.527. The van der Waals surface area contributed by atoms with Gasteiger partial charge < -0.3 is 20.1 Å². The van der Waals surface area contributed by atoms with Gasteiger partial charge in [0, 0.05) is 36.9 Å². The molecule has 2 aromatic carbocycles. The second-order valence-electron chi connectivity index (χ2n) is 9.92. The van der Waals surface area contributed by atoms with E-state index in [4.69, 9.17) is 15.2 Å². The second kappa shape index (κ2) is 10.3. The van der Waals surface area contributed by atoms with Gasteiger partial charge in [0.15, 0.2) is 5.78 Å². The van der Waals surface area contributed by atoms with Crippen LogP contribution < -0.4 is 10.5 Å². The number of benzene rings is 2. The molecule has 0 saturated carbocycles. The number of carbonyl (C=O) groups is 1. The molecule has 0 aromatic heterocycles. The van der Waals surface area contributed by atoms with Crippen LogP contribution in [0, 0.1) is 28.1 Å². The molecule has 184 valence electrons. The maximum absolute atomic E-state index is 13.5. The summed E-state index contributed by atoms with van der Waals surface area (Å²) < 4.78 is 11.2. The smallest absolute Gasteiger partial charge is 0.162 e. The lowest BCUT2D eigenvalue weighted by Gasteiger charge is -2.43. The zero-order valence-electron chi connectivity index (χ0n) is 20.9. The van der Waals surface area contributed by atoms with Crippen molar-refractivity contribution in [1.29, 1.82) is 10.5 Å². The largest absolute Gasteiger partial charge is 0.489 e. The van der Waals surface area contributed by atoms with E-state index in [0.717, 1.165) is 16.8 Å². The van der Waals surface area contributed by atoms with E-state index in [9.17, 15) is 15.3 Å². The third-order valence-electron chi connectivity index (χ3n) is 6.75. The predicted molar refractivity (Wildman–Crippen MR) is 135 cm³/mol. The molecule has 36 heavy (non-hydrogen) atoms. The van der Waals surface area contributed by atoms with Crippen LogP contribution in [0.15, 0.2) is 71.2 Å². The van der Waals surface area contributed by atoms with Gasteiger partial charge in [0.25, 0.3) is 0 Å². The molecule has 7 nitrogen and oxygen atoms in total. The highest BCUT2D eigenvalue weighted by Gasteiger charge is 2.44. The Morgan fingerprint density at radius 3 is 2.47 bits per heavy atom. The highest BCUT2D eigenvalue weighted by Crippen LogP contribution is 2.49. The number of Topliss-reactive ketones (excluding diaryl/α,β-unsaturated/α-hetero) is 1. The van der Waals surface area contributed by atoms with Gasteiger partial charge >= 0.3 is 0 Å². The third kappa shape index (κ3) is 4.84. The lowest BCUT2D eigenvalue weighted by atomic mass is 9.68. The van der Waals surface area contributed by atoms with E-state index < -0.39 is 5.92 Å². The Bertz CT molecular complexity index is 1310. The summed E-state index contributed by atoms with van der Waals surface area (Å²) in [5.74, 6) is 0.519. The van der Waals surface area contributed by atoms with Crippen LogP contribution in [0.3, 0.4) is 0 Å². The molecule has 1 heterocycles. The fourth-order valence-corrected chi connectivity index (χ4v) is 5.02. The summed E-state index contributed by atoms with van der Waals surface area (Å²) in [6.07, 6.45) is 1.10. The van der Waals surface area contributed by atoms with Crippen molar-refractivity contribution in [3.8, 4) is 17.9 Å². The molecule has 0 bridgehead atoms. The molecule has 2 aromatic rings. The second-order valence-corrected chi connectivity index (χ2v) is 9.92. The quantitative estimate of drug-likeness (QED) is 0.617. The molecule has 1 atom stereocenters. The fraction of sp³-hybridized carbons (Fsp3) is 0.345. The molecular weight excluding hydrogens is 452 g/mol. The zero-order chi connectivity index (χ0) is 25.9. The van der Waals surface area contributed by atoms with Crippen molar-refractivity contribution in [2.24, 2.45) is 11.1 Å². The Labute approximate surface area is 212 Å². The van der Waals surface area contributed by atoms with Crippen LogP contribution in [0.25, 0.3) is 0 Å². The zero-order valence-corrected chi connectivity index (χ0v) is 20.9. The van der Waals surface area contributed by atoms with E-state index in [0.29, 0.717) is 54.3 Å². The van der Waals surface area contributed by atoms with E-state index in [-0.39, 0.29) is 17.8 Å². The molecule has 4 rings (SSSR count). The first-order chi connectivity index (χ1) is 17.3. The lowest BCUT2D eigenvalue weighted by molar-refractivity contribution is -0.118. The molecule has 0 saturated heterocycles. The van der Waals surface area contributed by atoms with Crippen molar-refractivity contribution in [3.05, 3.63) is 87.9 Å². The number of ether oxygens (including phenoxy) is 2. The number of nitrogens with two attached hydrogens (primary N) is 1. The van der Waals surface area contributed by atoms with E-state index in [1.807, 2.05) is 47.4 Å². The molecule has 0 radical (unpaired) electrons. The maximum Gasteiger partial charge on any atom is 0.162 e.